The van der Waals surface area contributed by atoms with Crippen LogP contribution in [0.3, 0.4) is 0 Å². The van der Waals surface area contributed by atoms with Crippen molar-refractivity contribution in [3.63, 3.8) is 0 Å². The van der Waals surface area contributed by atoms with Crippen molar-refractivity contribution in [2.24, 2.45) is 11.8 Å². The van der Waals surface area contributed by atoms with E-state index in [4.69, 9.17) is 9.84 Å². The second-order valence-corrected chi connectivity index (χ2v) is 6.16. The summed E-state index contributed by atoms with van der Waals surface area (Å²) in [7, 11) is 1.56. The predicted molar refractivity (Wildman–Crippen MR) is 91.4 cm³/mol. The second kappa shape index (κ2) is 9.05. The van der Waals surface area contributed by atoms with Gasteiger partial charge in [0.15, 0.2) is 0 Å². The van der Waals surface area contributed by atoms with Crippen LogP contribution in [0.4, 0.5) is 0 Å². The number of hydrogen-bond donors (Lipinski definition) is 3. The molecule has 1 aromatic rings. The Kier molecular flexibility index (Phi) is 6.80. The molecule has 1 saturated carbocycles. The van der Waals surface area contributed by atoms with E-state index in [1.807, 2.05) is 0 Å². The molecule has 136 valence electrons. The summed E-state index contributed by atoms with van der Waals surface area (Å²) in [5, 5.41) is 14.5. The van der Waals surface area contributed by atoms with Gasteiger partial charge in [-0.3, -0.25) is 14.4 Å². The first-order valence-corrected chi connectivity index (χ1v) is 8.44. The van der Waals surface area contributed by atoms with Gasteiger partial charge in [-0.1, -0.05) is 0 Å². The van der Waals surface area contributed by atoms with E-state index < -0.39 is 5.97 Å². The van der Waals surface area contributed by atoms with Gasteiger partial charge in [0.25, 0.3) is 5.91 Å². The van der Waals surface area contributed by atoms with E-state index in [0.29, 0.717) is 50.1 Å². The van der Waals surface area contributed by atoms with Crippen LogP contribution >= 0.6 is 0 Å². The standard InChI is InChI=1S/C18H24N2O5/c1-25-15-8-6-13(7-9-15)17(22)20-11-10-19-16(21)12-2-4-14(5-3-12)18(23)24/h6-9,12,14H,2-5,10-11H2,1H3,(H,19,21)(H,20,22)(H,23,24). The summed E-state index contributed by atoms with van der Waals surface area (Å²) in [4.78, 5) is 35.0. The van der Waals surface area contributed by atoms with Gasteiger partial charge in [-0.2, -0.15) is 0 Å². The molecule has 0 spiro atoms. The normalized spacial score (nSPS) is 19.7. The number of rotatable bonds is 7. The summed E-state index contributed by atoms with van der Waals surface area (Å²) < 4.78 is 5.04. The van der Waals surface area contributed by atoms with Crippen molar-refractivity contribution in [1.29, 1.82) is 0 Å². The van der Waals surface area contributed by atoms with E-state index >= 15 is 0 Å². The minimum Gasteiger partial charge on any atom is -0.497 e. The van der Waals surface area contributed by atoms with Gasteiger partial charge in [0.1, 0.15) is 5.75 Å². The van der Waals surface area contributed by atoms with Gasteiger partial charge >= 0.3 is 5.97 Å². The van der Waals surface area contributed by atoms with Crippen LogP contribution < -0.4 is 15.4 Å². The Labute approximate surface area is 146 Å². The number of aliphatic carboxylic acids is 1. The Hall–Kier alpha value is -2.57. The van der Waals surface area contributed by atoms with Crippen molar-refractivity contribution >= 4 is 17.8 Å². The lowest BCUT2D eigenvalue weighted by Gasteiger charge is -2.25. The Morgan fingerprint density at radius 2 is 1.56 bits per heavy atom. The molecule has 3 N–H and O–H groups in total. The molecule has 7 nitrogen and oxygen atoms in total. The lowest BCUT2D eigenvalue weighted by atomic mass is 9.81. The van der Waals surface area contributed by atoms with Crippen LogP contribution in [0.5, 0.6) is 5.75 Å². The first kappa shape index (κ1) is 18.8. The number of carboxylic acids is 1. The number of methoxy groups -OCH3 is 1. The van der Waals surface area contributed by atoms with Crippen LogP contribution in [0, 0.1) is 11.8 Å². The number of nitrogens with one attached hydrogen (secondary N) is 2. The highest BCUT2D eigenvalue weighted by atomic mass is 16.5. The van der Waals surface area contributed by atoms with Crippen molar-refractivity contribution in [1.82, 2.24) is 10.6 Å². The Morgan fingerprint density at radius 1 is 1.00 bits per heavy atom. The average Bonchev–Trinajstić information content (AvgIpc) is 2.65. The van der Waals surface area contributed by atoms with E-state index in [-0.39, 0.29) is 23.7 Å². The van der Waals surface area contributed by atoms with Crippen LogP contribution in [-0.4, -0.2) is 43.1 Å². The van der Waals surface area contributed by atoms with Crippen LogP contribution in [0.1, 0.15) is 36.0 Å². The molecular weight excluding hydrogens is 324 g/mol. The largest absolute Gasteiger partial charge is 0.497 e. The zero-order chi connectivity index (χ0) is 18.2. The number of ether oxygens (including phenoxy) is 1. The van der Waals surface area contributed by atoms with E-state index in [1.165, 1.54) is 0 Å². The molecule has 1 aromatic carbocycles. The molecule has 2 rings (SSSR count). The molecular formula is C18H24N2O5. The molecule has 1 fully saturated rings. The molecule has 0 bridgehead atoms. The molecule has 1 aliphatic carbocycles. The number of carbonyl (C=O) groups excluding carboxylic acids is 2. The molecule has 0 heterocycles. The van der Waals surface area contributed by atoms with Gasteiger partial charge in [0.2, 0.25) is 5.91 Å². The fourth-order valence-electron chi connectivity index (χ4n) is 2.95. The number of carboxylic acid groups (broad SMARTS) is 1. The van der Waals surface area contributed by atoms with Gasteiger partial charge in [-0.05, 0) is 49.9 Å². The minimum absolute atomic E-state index is 0.0671. The summed E-state index contributed by atoms with van der Waals surface area (Å²) in [6.07, 6.45) is 2.28. The zero-order valence-electron chi connectivity index (χ0n) is 14.3. The van der Waals surface area contributed by atoms with Gasteiger partial charge in [0, 0.05) is 24.6 Å². The topological polar surface area (TPSA) is 105 Å². The smallest absolute Gasteiger partial charge is 0.306 e. The van der Waals surface area contributed by atoms with Crippen molar-refractivity contribution in [3.8, 4) is 5.75 Å². The zero-order valence-corrected chi connectivity index (χ0v) is 14.3. The summed E-state index contributed by atoms with van der Waals surface area (Å²) in [6.45, 7) is 0.681. The SMILES string of the molecule is COc1ccc(C(=O)NCCNC(=O)C2CCC(C(=O)O)CC2)cc1. The van der Waals surface area contributed by atoms with Gasteiger partial charge in [0.05, 0.1) is 13.0 Å². The summed E-state index contributed by atoms with van der Waals surface area (Å²) >= 11 is 0. The molecule has 1 aliphatic rings. The van der Waals surface area contributed by atoms with E-state index in [9.17, 15) is 14.4 Å². The number of amides is 2. The van der Waals surface area contributed by atoms with Crippen LogP contribution in [0.2, 0.25) is 0 Å². The van der Waals surface area contributed by atoms with Crippen LogP contribution in [-0.2, 0) is 9.59 Å². The summed E-state index contributed by atoms with van der Waals surface area (Å²) in [5.41, 5.74) is 0.527. The van der Waals surface area contributed by atoms with Crippen molar-refractivity contribution in [3.05, 3.63) is 29.8 Å². The minimum atomic E-state index is -0.778. The van der Waals surface area contributed by atoms with Crippen LogP contribution in [0.25, 0.3) is 0 Å². The molecule has 0 unspecified atom stereocenters. The highest BCUT2D eigenvalue weighted by Gasteiger charge is 2.29. The van der Waals surface area contributed by atoms with E-state index in [0.717, 1.165) is 0 Å². The number of benzene rings is 1. The Balaban J connectivity index is 1.66. The Bertz CT molecular complexity index is 606. The van der Waals surface area contributed by atoms with Gasteiger partial charge in [-0.25, -0.2) is 0 Å². The lowest BCUT2D eigenvalue weighted by molar-refractivity contribution is -0.144. The highest BCUT2D eigenvalue weighted by Crippen LogP contribution is 2.28. The van der Waals surface area contributed by atoms with Crippen molar-refractivity contribution < 1.29 is 24.2 Å². The third-order valence-corrected chi connectivity index (χ3v) is 4.51. The van der Waals surface area contributed by atoms with Gasteiger partial charge < -0.3 is 20.5 Å². The maximum Gasteiger partial charge on any atom is 0.306 e. The van der Waals surface area contributed by atoms with Crippen LogP contribution in [0.15, 0.2) is 24.3 Å². The third kappa shape index (κ3) is 5.48. The molecule has 0 aromatic heterocycles. The predicted octanol–water partition coefficient (Wildman–Crippen LogP) is 1.43. The van der Waals surface area contributed by atoms with Crippen molar-refractivity contribution in [2.75, 3.05) is 20.2 Å². The quantitative estimate of drug-likeness (QED) is 0.647. The first-order valence-electron chi connectivity index (χ1n) is 8.44. The third-order valence-electron chi connectivity index (χ3n) is 4.51. The lowest BCUT2D eigenvalue weighted by Crippen LogP contribution is -2.39. The molecule has 0 saturated heterocycles. The van der Waals surface area contributed by atoms with E-state index in [1.54, 1.807) is 31.4 Å². The molecule has 7 heteroatoms. The Morgan fingerprint density at radius 3 is 2.12 bits per heavy atom. The molecule has 2 amide bonds. The highest BCUT2D eigenvalue weighted by molar-refractivity contribution is 5.94. The second-order valence-electron chi connectivity index (χ2n) is 6.16. The summed E-state index contributed by atoms with van der Waals surface area (Å²) in [5.74, 6) is -0.830. The average molecular weight is 348 g/mol. The first-order chi connectivity index (χ1) is 12.0. The summed E-state index contributed by atoms with van der Waals surface area (Å²) in [6, 6.07) is 6.77. The van der Waals surface area contributed by atoms with E-state index in [2.05, 4.69) is 10.6 Å². The maximum atomic E-state index is 12.1. The molecule has 0 aliphatic heterocycles. The molecule has 25 heavy (non-hydrogen) atoms. The monoisotopic (exact) mass is 348 g/mol. The molecule has 0 radical (unpaired) electrons. The number of hydrogen-bond acceptors (Lipinski definition) is 4. The molecule has 0 atom stereocenters. The van der Waals surface area contributed by atoms with Gasteiger partial charge in [-0.15, -0.1) is 0 Å². The maximum absolute atomic E-state index is 12.1. The fourth-order valence-corrected chi connectivity index (χ4v) is 2.95. The van der Waals surface area contributed by atoms with Crippen molar-refractivity contribution in [2.45, 2.75) is 25.7 Å². The number of carbonyl (C=O) groups is 3. The fraction of sp³-hybridized carbons (Fsp3) is 0.500.